The molecule has 1 aliphatic rings. The number of carboxylic acid groups (broad SMARTS) is 1. The van der Waals surface area contributed by atoms with Crippen LogP contribution in [-0.2, 0) is 14.3 Å². The Kier molecular flexibility index (Phi) is 6.74. The number of esters is 1. The fourth-order valence-corrected chi connectivity index (χ4v) is 4.39. The summed E-state index contributed by atoms with van der Waals surface area (Å²) in [4.78, 5) is 38.3. The first-order valence-corrected chi connectivity index (χ1v) is 10.4. The first-order valence-electron chi connectivity index (χ1n) is 10.4. The maximum Gasteiger partial charge on any atom is 0.336 e. The lowest BCUT2D eigenvalue weighted by Crippen LogP contribution is -2.31. The lowest BCUT2D eigenvalue weighted by Gasteiger charge is -2.29. The van der Waals surface area contributed by atoms with E-state index in [1.807, 2.05) is 30.3 Å². The summed E-state index contributed by atoms with van der Waals surface area (Å²) >= 11 is 0. The number of hydrogen-bond donors (Lipinski definition) is 2. The molecule has 1 unspecified atom stereocenters. The van der Waals surface area contributed by atoms with Crippen molar-refractivity contribution in [3.05, 3.63) is 92.4 Å². The van der Waals surface area contributed by atoms with E-state index in [2.05, 4.69) is 5.32 Å². The Morgan fingerprint density at radius 1 is 0.971 bits per heavy atom. The Bertz CT molecular complexity index is 1410. The lowest BCUT2D eigenvalue weighted by atomic mass is 9.79. The van der Waals surface area contributed by atoms with Gasteiger partial charge in [0.1, 0.15) is 11.3 Å². The Morgan fingerprint density at radius 3 is 2.24 bits per heavy atom. The van der Waals surface area contributed by atoms with Crippen molar-refractivity contribution in [3.8, 4) is 11.3 Å². The first kappa shape index (κ1) is 24.5. The summed E-state index contributed by atoms with van der Waals surface area (Å²) in [7, 11) is 1.24. The second-order valence-electron chi connectivity index (χ2n) is 7.91. The normalized spacial score (nSPS) is 15.6. The number of ether oxygens (including phenoxy) is 1. The number of carbonyl (C=O) groups is 2. The van der Waals surface area contributed by atoms with Crippen LogP contribution in [0.15, 0.2) is 80.3 Å². The summed E-state index contributed by atoms with van der Waals surface area (Å²) in [6, 6.07) is 14.2. The number of carbonyl (C=O) groups excluding carboxylic acids is 1. The third kappa shape index (κ3) is 3.88. The van der Waals surface area contributed by atoms with E-state index >= 15 is 0 Å². The number of hydrogen-bond acceptors (Lipinski definition) is 6. The number of carboxylic acids is 1. The van der Waals surface area contributed by atoms with Gasteiger partial charge < -0.3 is 25.1 Å². The monoisotopic (exact) mass is 463 g/mol. The highest BCUT2D eigenvalue weighted by molar-refractivity contribution is 6.00. The highest BCUT2D eigenvalue weighted by Gasteiger charge is 2.38. The van der Waals surface area contributed by atoms with Crippen molar-refractivity contribution in [2.24, 2.45) is 0 Å². The molecule has 0 radical (unpaired) electrons. The molecule has 1 aromatic heterocycles. The number of dihydropyridines is 1. The van der Waals surface area contributed by atoms with E-state index in [0.29, 0.717) is 33.7 Å². The zero-order valence-corrected chi connectivity index (χ0v) is 19.2. The maximum atomic E-state index is 13.3. The zero-order valence-electron chi connectivity index (χ0n) is 19.2. The number of fused-ring (bicyclic) bond motifs is 1. The van der Waals surface area contributed by atoms with Crippen LogP contribution in [0.1, 0.15) is 30.9 Å². The average molecular weight is 463 g/mol. The molecule has 4 rings (SSSR count). The largest absolute Gasteiger partial charge is 0.478 e. The summed E-state index contributed by atoms with van der Waals surface area (Å²) in [6.07, 6.45) is 0. The van der Waals surface area contributed by atoms with Crippen molar-refractivity contribution >= 4 is 22.9 Å². The van der Waals surface area contributed by atoms with E-state index in [1.165, 1.54) is 7.11 Å². The standard InChI is InChI=1S/C26H23NO6.H2O/c1-13-22(28)18-12-8-11-17(24(18)33-23(13)16-9-6-5-7-10-16)21-19(25(29)30)14(2)27-15(3)20(21)26(31)32-4;/h5-12,21,27H,1-4H3,(H,29,30);1H2. The van der Waals surface area contributed by atoms with E-state index in [1.54, 1.807) is 39.0 Å². The van der Waals surface area contributed by atoms with Gasteiger partial charge in [-0.25, -0.2) is 9.59 Å². The van der Waals surface area contributed by atoms with Crippen LogP contribution in [0.3, 0.4) is 0 Å². The second-order valence-corrected chi connectivity index (χ2v) is 7.91. The molecule has 0 aliphatic carbocycles. The van der Waals surface area contributed by atoms with Gasteiger partial charge in [-0.15, -0.1) is 0 Å². The molecule has 8 nitrogen and oxygen atoms in total. The number of para-hydroxylation sites is 1. The van der Waals surface area contributed by atoms with Crippen LogP contribution in [0.25, 0.3) is 22.3 Å². The summed E-state index contributed by atoms with van der Waals surface area (Å²) < 4.78 is 11.3. The van der Waals surface area contributed by atoms with Crippen molar-refractivity contribution in [2.45, 2.75) is 26.7 Å². The Balaban J connectivity index is 0.00000324. The molecule has 0 saturated heterocycles. The SMILES string of the molecule is COC(=O)C1=C(C)NC(C)=C(C(=O)O)C1c1cccc2c(=O)c(C)c(-c3ccccc3)oc12.O. The predicted octanol–water partition coefficient (Wildman–Crippen LogP) is 3.44. The van der Waals surface area contributed by atoms with Gasteiger partial charge in [-0.05, 0) is 26.8 Å². The van der Waals surface area contributed by atoms with E-state index in [-0.39, 0.29) is 27.6 Å². The zero-order chi connectivity index (χ0) is 23.9. The minimum absolute atomic E-state index is 0. The summed E-state index contributed by atoms with van der Waals surface area (Å²) in [5.74, 6) is -2.44. The quantitative estimate of drug-likeness (QED) is 0.565. The van der Waals surface area contributed by atoms with Crippen LogP contribution in [0, 0.1) is 6.92 Å². The average Bonchev–Trinajstić information content (AvgIpc) is 2.80. The molecule has 1 aliphatic heterocycles. The molecule has 0 amide bonds. The molecule has 0 saturated carbocycles. The van der Waals surface area contributed by atoms with E-state index in [0.717, 1.165) is 5.56 Å². The highest BCUT2D eigenvalue weighted by Crippen LogP contribution is 2.42. The maximum absolute atomic E-state index is 13.3. The third-order valence-corrected chi connectivity index (χ3v) is 5.92. The van der Waals surface area contributed by atoms with Crippen LogP contribution < -0.4 is 10.7 Å². The second kappa shape index (κ2) is 9.36. The predicted molar refractivity (Wildman–Crippen MR) is 127 cm³/mol. The number of benzene rings is 2. The minimum atomic E-state index is -1.19. The molecule has 2 heterocycles. The smallest absolute Gasteiger partial charge is 0.336 e. The molecular weight excluding hydrogens is 438 g/mol. The highest BCUT2D eigenvalue weighted by atomic mass is 16.5. The molecule has 0 fully saturated rings. The van der Waals surface area contributed by atoms with E-state index < -0.39 is 17.9 Å². The molecule has 2 aromatic carbocycles. The molecule has 176 valence electrons. The van der Waals surface area contributed by atoms with Crippen LogP contribution in [0.5, 0.6) is 0 Å². The molecule has 0 bridgehead atoms. The van der Waals surface area contributed by atoms with Crippen LogP contribution in [0.2, 0.25) is 0 Å². The van der Waals surface area contributed by atoms with Gasteiger partial charge in [0.15, 0.2) is 5.43 Å². The van der Waals surface area contributed by atoms with E-state index in [4.69, 9.17) is 9.15 Å². The molecule has 1 atom stereocenters. The Morgan fingerprint density at radius 2 is 1.62 bits per heavy atom. The van der Waals surface area contributed by atoms with Gasteiger partial charge in [0.2, 0.25) is 0 Å². The van der Waals surface area contributed by atoms with Crippen LogP contribution in [-0.4, -0.2) is 29.6 Å². The molecule has 8 heteroatoms. The first-order chi connectivity index (χ1) is 15.8. The molecule has 3 aromatic rings. The number of methoxy groups -OCH3 is 1. The van der Waals surface area contributed by atoms with Crippen LogP contribution >= 0.6 is 0 Å². The van der Waals surface area contributed by atoms with Gasteiger partial charge in [-0.1, -0.05) is 42.5 Å². The minimum Gasteiger partial charge on any atom is -0.478 e. The van der Waals surface area contributed by atoms with Crippen molar-refractivity contribution in [1.29, 1.82) is 0 Å². The number of allylic oxidation sites excluding steroid dienone is 2. The molecule has 0 spiro atoms. The molecular formula is C26H25NO7. The fraction of sp³-hybridized carbons (Fsp3) is 0.192. The van der Waals surface area contributed by atoms with Gasteiger partial charge >= 0.3 is 11.9 Å². The fourth-order valence-electron chi connectivity index (χ4n) is 4.39. The van der Waals surface area contributed by atoms with Gasteiger partial charge in [0.05, 0.1) is 29.6 Å². The van der Waals surface area contributed by atoms with Gasteiger partial charge in [-0.2, -0.15) is 0 Å². The Labute approximate surface area is 195 Å². The molecule has 4 N–H and O–H groups in total. The molecule has 34 heavy (non-hydrogen) atoms. The Hall–Kier alpha value is -4.17. The van der Waals surface area contributed by atoms with Gasteiger partial charge in [0, 0.05) is 28.1 Å². The third-order valence-electron chi connectivity index (χ3n) is 5.92. The number of nitrogens with one attached hydrogen (secondary N) is 1. The van der Waals surface area contributed by atoms with Crippen molar-refractivity contribution in [1.82, 2.24) is 5.32 Å². The topological polar surface area (TPSA) is 137 Å². The number of rotatable bonds is 4. The van der Waals surface area contributed by atoms with Crippen molar-refractivity contribution in [3.63, 3.8) is 0 Å². The van der Waals surface area contributed by atoms with E-state index in [9.17, 15) is 19.5 Å². The summed E-state index contributed by atoms with van der Waals surface area (Å²) in [5.41, 5.74) is 2.59. The van der Waals surface area contributed by atoms with Crippen molar-refractivity contribution in [2.75, 3.05) is 7.11 Å². The summed E-state index contributed by atoms with van der Waals surface area (Å²) in [6.45, 7) is 5.01. The van der Waals surface area contributed by atoms with Gasteiger partial charge in [-0.3, -0.25) is 4.79 Å². The number of aliphatic carboxylic acids is 1. The van der Waals surface area contributed by atoms with Crippen LogP contribution in [0.4, 0.5) is 0 Å². The van der Waals surface area contributed by atoms with Crippen molar-refractivity contribution < 1.29 is 29.3 Å². The van der Waals surface area contributed by atoms with Gasteiger partial charge in [0.25, 0.3) is 0 Å². The summed E-state index contributed by atoms with van der Waals surface area (Å²) in [5, 5.41) is 13.3. The lowest BCUT2D eigenvalue weighted by molar-refractivity contribution is -0.136.